The maximum absolute atomic E-state index is 13.5. The van der Waals surface area contributed by atoms with E-state index in [1.165, 1.54) is 23.5 Å². The van der Waals surface area contributed by atoms with Crippen molar-refractivity contribution in [2.24, 2.45) is 0 Å². The van der Waals surface area contributed by atoms with Gasteiger partial charge in [-0.05, 0) is 42.7 Å². The van der Waals surface area contributed by atoms with Crippen LogP contribution in [0.4, 0.5) is 27.1 Å². The summed E-state index contributed by atoms with van der Waals surface area (Å²) in [7, 11) is -2.59. The molecule has 0 aliphatic carbocycles. The third kappa shape index (κ3) is 5.30. The second-order valence-corrected chi connectivity index (χ2v) is 11.5. The van der Waals surface area contributed by atoms with Gasteiger partial charge in [-0.25, -0.2) is 23.0 Å². The molecule has 13 heteroatoms. The summed E-state index contributed by atoms with van der Waals surface area (Å²) in [6, 6.07) is 12.8. The summed E-state index contributed by atoms with van der Waals surface area (Å²) in [6.07, 6.45) is 1.54. The first-order chi connectivity index (χ1) is 18.4. The summed E-state index contributed by atoms with van der Waals surface area (Å²) < 4.78 is 38.7. The second-order valence-electron chi connectivity index (χ2n) is 8.68. The van der Waals surface area contributed by atoms with Crippen molar-refractivity contribution in [3.05, 3.63) is 59.0 Å². The van der Waals surface area contributed by atoms with E-state index in [0.29, 0.717) is 43.7 Å². The summed E-state index contributed by atoms with van der Waals surface area (Å²) in [4.78, 5) is 31.8. The number of rotatable bonds is 6. The SMILES string of the molecule is COC(=O)c1sc(N2CCOCC2)nc1NC(=O)Nc1cccc(S(=O)(=O)N2CCCc3ccccc32)c1. The van der Waals surface area contributed by atoms with Crippen LogP contribution in [0.1, 0.15) is 21.7 Å². The topological polar surface area (TPSA) is 130 Å². The molecule has 3 heterocycles. The average Bonchev–Trinajstić information content (AvgIpc) is 3.36. The molecule has 0 radical (unpaired) electrons. The van der Waals surface area contributed by atoms with Gasteiger partial charge in [-0.3, -0.25) is 9.62 Å². The maximum Gasteiger partial charge on any atom is 0.352 e. The number of sulfonamides is 1. The number of esters is 1. The number of aryl methyl sites for hydroxylation is 1. The summed E-state index contributed by atoms with van der Waals surface area (Å²) in [5.74, 6) is -0.554. The zero-order valence-corrected chi connectivity index (χ0v) is 22.3. The van der Waals surface area contributed by atoms with Crippen molar-refractivity contribution in [2.75, 3.05) is 59.8 Å². The van der Waals surface area contributed by atoms with E-state index in [1.807, 2.05) is 23.1 Å². The molecule has 2 aliphatic heterocycles. The average molecular weight is 558 g/mol. The number of nitrogens with zero attached hydrogens (tertiary/aromatic N) is 3. The van der Waals surface area contributed by atoms with Gasteiger partial charge in [0.15, 0.2) is 15.8 Å². The van der Waals surface area contributed by atoms with Crippen molar-refractivity contribution >= 4 is 55.7 Å². The Kier molecular flexibility index (Phi) is 7.49. The molecule has 3 aromatic rings. The Balaban J connectivity index is 1.34. The van der Waals surface area contributed by atoms with E-state index in [0.717, 1.165) is 29.7 Å². The molecule has 38 heavy (non-hydrogen) atoms. The standard InChI is InChI=1S/C25H27N5O6S2/c1-35-23(31)21-22(28-25(37-21)29-12-14-36-15-13-29)27-24(32)26-18-8-4-9-19(16-18)38(33,34)30-11-5-7-17-6-2-3-10-20(17)30/h2-4,6,8-10,16H,5,7,11-15H2,1H3,(H2,26,27,32). The number of thiazole rings is 1. The van der Waals surface area contributed by atoms with Crippen molar-refractivity contribution in [2.45, 2.75) is 17.7 Å². The number of hydrogen-bond acceptors (Lipinski definition) is 9. The lowest BCUT2D eigenvalue weighted by atomic mass is 10.0. The number of benzene rings is 2. The van der Waals surface area contributed by atoms with Gasteiger partial charge in [-0.15, -0.1) is 0 Å². The smallest absolute Gasteiger partial charge is 0.352 e. The number of carbonyl (C=O) groups excluding carboxylic acids is 2. The van der Waals surface area contributed by atoms with Crippen molar-refractivity contribution in [1.82, 2.24) is 4.98 Å². The highest BCUT2D eigenvalue weighted by molar-refractivity contribution is 7.92. The number of aromatic nitrogens is 1. The van der Waals surface area contributed by atoms with Crippen LogP contribution < -0.4 is 19.8 Å². The lowest BCUT2D eigenvalue weighted by Crippen LogP contribution is -2.36. The van der Waals surface area contributed by atoms with Gasteiger partial charge in [-0.1, -0.05) is 35.6 Å². The molecule has 0 saturated carbocycles. The van der Waals surface area contributed by atoms with Crippen molar-refractivity contribution in [3.8, 4) is 0 Å². The van der Waals surface area contributed by atoms with Crippen molar-refractivity contribution in [1.29, 1.82) is 0 Å². The fraction of sp³-hybridized carbons (Fsp3) is 0.320. The number of para-hydroxylation sites is 1. The monoisotopic (exact) mass is 557 g/mol. The van der Waals surface area contributed by atoms with Crippen molar-refractivity contribution < 1.29 is 27.5 Å². The molecular weight excluding hydrogens is 530 g/mol. The highest BCUT2D eigenvalue weighted by Crippen LogP contribution is 2.33. The Morgan fingerprint density at radius 1 is 1.05 bits per heavy atom. The zero-order valence-electron chi connectivity index (χ0n) is 20.7. The van der Waals surface area contributed by atoms with E-state index >= 15 is 0 Å². The molecule has 1 aromatic heterocycles. The van der Waals surface area contributed by atoms with Gasteiger partial charge in [-0.2, -0.15) is 0 Å². The Hall–Kier alpha value is -3.68. The molecule has 0 atom stereocenters. The molecule has 0 spiro atoms. The van der Waals surface area contributed by atoms with Gasteiger partial charge < -0.3 is 19.7 Å². The third-order valence-electron chi connectivity index (χ3n) is 6.25. The summed E-state index contributed by atoms with van der Waals surface area (Å²) in [5.41, 5.74) is 1.93. The van der Waals surface area contributed by atoms with Gasteiger partial charge in [0.2, 0.25) is 0 Å². The lowest BCUT2D eigenvalue weighted by Gasteiger charge is -2.30. The molecule has 1 fully saturated rings. The van der Waals surface area contributed by atoms with Crippen LogP contribution in [0.2, 0.25) is 0 Å². The number of ether oxygens (including phenoxy) is 2. The number of anilines is 4. The van der Waals surface area contributed by atoms with Gasteiger partial charge in [0.25, 0.3) is 10.0 Å². The van der Waals surface area contributed by atoms with E-state index in [1.54, 1.807) is 18.2 Å². The minimum absolute atomic E-state index is 0.0607. The largest absolute Gasteiger partial charge is 0.465 e. The van der Waals surface area contributed by atoms with Gasteiger partial charge in [0.05, 0.1) is 30.9 Å². The quantitative estimate of drug-likeness (QED) is 0.440. The molecule has 1 saturated heterocycles. The first-order valence-electron chi connectivity index (χ1n) is 12.1. The minimum Gasteiger partial charge on any atom is -0.465 e. The van der Waals surface area contributed by atoms with Crippen LogP contribution in [0.3, 0.4) is 0 Å². The van der Waals surface area contributed by atoms with E-state index < -0.39 is 22.0 Å². The fourth-order valence-electron chi connectivity index (χ4n) is 4.39. The van der Waals surface area contributed by atoms with Gasteiger partial charge in [0, 0.05) is 25.3 Å². The molecule has 2 aromatic carbocycles. The first-order valence-corrected chi connectivity index (χ1v) is 14.3. The van der Waals surface area contributed by atoms with Crippen LogP contribution in [0.15, 0.2) is 53.4 Å². The molecule has 11 nitrogen and oxygen atoms in total. The predicted molar refractivity (Wildman–Crippen MR) is 145 cm³/mol. The molecular formula is C25H27N5O6S2. The second kappa shape index (κ2) is 11.0. The van der Waals surface area contributed by atoms with E-state index in [2.05, 4.69) is 15.6 Å². The molecule has 2 N–H and O–H groups in total. The Bertz CT molecular complexity index is 1450. The number of methoxy groups -OCH3 is 1. The van der Waals surface area contributed by atoms with Crippen molar-refractivity contribution in [3.63, 3.8) is 0 Å². The molecule has 5 rings (SSSR count). The Labute approximate surface area is 224 Å². The van der Waals surface area contributed by atoms with Crippen LogP contribution in [0, 0.1) is 0 Å². The number of morpholine rings is 1. The molecule has 2 aliphatic rings. The van der Waals surface area contributed by atoms with Crippen LogP contribution in [-0.2, 0) is 25.9 Å². The Morgan fingerprint density at radius 2 is 1.84 bits per heavy atom. The number of hydrogen-bond donors (Lipinski definition) is 2. The first kappa shape index (κ1) is 25.9. The number of carbonyl (C=O) groups is 2. The minimum atomic E-state index is -3.85. The Morgan fingerprint density at radius 3 is 2.63 bits per heavy atom. The maximum atomic E-state index is 13.5. The van der Waals surface area contributed by atoms with E-state index in [-0.39, 0.29) is 21.3 Å². The highest BCUT2D eigenvalue weighted by atomic mass is 32.2. The van der Waals surface area contributed by atoms with E-state index in [9.17, 15) is 18.0 Å². The summed E-state index contributed by atoms with van der Waals surface area (Å²) >= 11 is 1.12. The van der Waals surface area contributed by atoms with Gasteiger partial charge in [0.1, 0.15) is 0 Å². The van der Waals surface area contributed by atoms with Gasteiger partial charge >= 0.3 is 12.0 Å². The lowest BCUT2D eigenvalue weighted by molar-refractivity contribution is 0.0607. The molecule has 2 amide bonds. The molecule has 0 unspecified atom stereocenters. The normalized spacial score (nSPS) is 15.5. The predicted octanol–water partition coefficient (Wildman–Crippen LogP) is 3.55. The molecule has 0 bridgehead atoms. The number of amides is 2. The van der Waals surface area contributed by atoms with Crippen LogP contribution >= 0.6 is 11.3 Å². The fourth-order valence-corrected chi connectivity index (χ4v) is 6.97. The number of nitrogens with one attached hydrogen (secondary N) is 2. The zero-order chi connectivity index (χ0) is 26.7. The van der Waals surface area contributed by atoms with E-state index in [4.69, 9.17) is 9.47 Å². The van der Waals surface area contributed by atoms with Crippen LogP contribution in [-0.4, -0.2) is 65.4 Å². The number of urea groups is 1. The summed E-state index contributed by atoms with van der Waals surface area (Å²) in [5, 5.41) is 5.81. The highest BCUT2D eigenvalue weighted by Gasteiger charge is 2.29. The third-order valence-corrected chi connectivity index (χ3v) is 9.15. The molecule has 200 valence electrons. The van der Waals surface area contributed by atoms with Crippen LogP contribution in [0.5, 0.6) is 0 Å². The summed E-state index contributed by atoms with van der Waals surface area (Å²) in [6.45, 7) is 2.69. The van der Waals surface area contributed by atoms with Crippen LogP contribution in [0.25, 0.3) is 0 Å². The number of fused-ring (bicyclic) bond motifs is 1.